The fourth-order valence-corrected chi connectivity index (χ4v) is 15.6. The molecule has 27 heteroatoms. The first kappa shape index (κ1) is 97.7. The zero-order chi connectivity index (χ0) is 80.6. The minimum absolute atomic E-state index is 0. The van der Waals surface area contributed by atoms with Gasteiger partial charge in [-0.05, 0) is 240 Å². The topological polar surface area (TPSA) is 312 Å². The van der Waals surface area contributed by atoms with E-state index in [0.717, 1.165) is 66.6 Å². The Morgan fingerprint density at radius 3 is 1.27 bits per heavy atom. The molecule has 0 radical (unpaired) electrons. The maximum atomic E-state index is 11.5. The van der Waals surface area contributed by atoms with Crippen LogP contribution in [0.3, 0.4) is 0 Å². The monoisotopic (exact) mass is 1710 g/mol. The molecule has 115 heavy (non-hydrogen) atoms. The molecular formula is C88H98BrLiN6O14S5. The number of alkyl halides is 1. The van der Waals surface area contributed by atoms with E-state index in [0.29, 0.717) is 56.7 Å². The van der Waals surface area contributed by atoms with Crippen LogP contribution in [-0.4, -0.2) is 116 Å². The molecule has 0 saturated carbocycles. The van der Waals surface area contributed by atoms with Crippen molar-refractivity contribution in [2.24, 2.45) is 10.9 Å². The van der Waals surface area contributed by atoms with Gasteiger partial charge in [0.2, 0.25) is 11.6 Å². The number of thiophene rings is 4. The predicted octanol–water partition coefficient (Wildman–Crippen LogP) is 20.6. The molecule has 0 spiro atoms. The van der Waals surface area contributed by atoms with Gasteiger partial charge in [0, 0.05) is 65.5 Å². The Morgan fingerprint density at radius 1 is 0.530 bits per heavy atom. The van der Waals surface area contributed by atoms with Gasteiger partial charge in [0.25, 0.3) is 11.8 Å². The van der Waals surface area contributed by atoms with E-state index < -0.39 is 17.9 Å². The van der Waals surface area contributed by atoms with Gasteiger partial charge < -0.3 is 54.6 Å². The van der Waals surface area contributed by atoms with E-state index in [9.17, 15) is 19.2 Å². The zero-order valence-electron chi connectivity index (χ0n) is 65.6. The Hall–Kier alpha value is -9.66. The quantitative estimate of drug-likeness (QED) is 0.0111. The third-order valence-electron chi connectivity index (χ3n) is 17.3. The predicted molar refractivity (Wildman–Crippen MR) is 472 cm³/mol. The van der Waals surface area contributed by atoms with Crippen molar-refractivity contribution in [1.82, 2.24) is 20.3 Å². The van der Waals surface area contributed by atoms with Crippen molar-refractivity contribution in [3.05, 3.63) is 252 Å². The normalized spacial score (nSPS) is 11.3. The van der Waals surface area contributed by atoms with Gasteiger partial charge in [0.15, 0.2) is 5.84 Å². The smallest absolute Gasteiger partial charge is 0.870 e. The Morgan fingerprint density at radius 2 is 0.922 bits per heavy atom. The molecule has 6 N–H and O–H groups in total. The van der Waals surface area contributed by atoms with E-state index in [1.165, 1.54) is 125 Å². The Bertz CT molecular complexity index is 5350. The number of hydrogen-bond donors (Lipinski definition) is 5. The molecule has 6 aromatic heterocycles. The number of benzene rings is 8. The minimum atomic E-state index is -0.962. The largest absolute Gasteiger partial charge is 1.00 e. The number of carboxylic acids is 2. The maximum Gasteiger partial charge on any atom is 1.00 e. The van der Waals surface area contributed by atoms with Gasteiger partial charge in [-0.2, -0.15) is 9.97 Å². The first-order valence-electron chi connectivity index (χ1n) is 35.2. The molecule has 1 aliphatic heterocycles. The summed E-state index contributed by atoms with van der Waals surface area (Å²) in [6.07, 6.45) is 2.92. The summed E-state index contributed by atoms with van der Waals surface area (Å²) in [7, 11) is 2.66. The average Bonchev–Trinajstić information content (AvgIpc) is 1.67. The summed E-state index contributed by atoms with van der Waals surface area (Å²) >= 11 is 14.0. The summed E-state index contributed by atoms with van der Waals surface area (Å²) in [5.41, 5.74) is 21.0. The van der Waals surface area contributed by atoms with Crippen LogP contribution in [0.15, 0.2) is 188 Å². The molecular weight excluding hydrogens is 1610 g/mol. The molecule has 602 valence electrons. The number of carboxylic acid groups (broad SMARTS) is 2. The number of oxime groups is 1. The average molecular weight is 1710 g/mol. The molecule has 1 saturated heterocycles. The molecule has 1 fully saturated rings. The van der Waals surface area contributed by atoms with Crippen LogP contribution < -0.4 is 24.6 Å². The van der Waals surface area contributed by atoms with Gasteiger partial charge in [-0.3, -0.25) is 0 Å². The Balaban J connectivity index is 0.000000289. The van der Waals surface area contributed by atoms with Gasteiger partial charge in [-0.25, -0.2) is 19.2 Å². The number of carbonyl (C=O) groups is 4. The molecule has 20 nitrogen and oxygen atoms in total. The third kappa shape index (κ3) is 27.0. The van der Waals surface area contributed by atoms with E-state index >= 15 is 0 Å². The number of aryl methyl sites for hydroxylation is 10. The van der Waals surface area contributed by atoms with E-state index in [1.54, 1.807) is 89.4 Å². The summed E-state index contributed by atoms with van der Waals surface area (Å²) in [6.45, 7) is 27.7. The van der Waals surface area contributed by atoms with Crippen LogP contribution in [0.25, 0.3) is 84.7 Å². The number of hydrogen-bond acceptors (Lipinski definition) is 22. The summed E-state index contributed by atoms with van der Waals surface area (Å²) in [6, 6.07) is 50.8. The van der Waals surface area contributed by atoms with E-state index in [-0.39, 0.29) is 56.6 Å². The van der Waals surface area contributed by atoms with Crippen molar-refractivity contribution in [3.8, 4) is 44.3 Å². The number of nitrogens with zero attached hydrogens (tertiary/aromatic N) is 5. The van der Waals surface area contributed by atoms with Crippen molar-refractivity contribution < 1.29 is 86.9 Å². The summed E-state index contributed by atoms with van der Waals surface area (Å²) in [5.74, 6) is -0.699. The molecule has 0 amide bonds. The van der Waals surface area contributed by atoms with E-state index in [1.807, 2.05) is 51.2 Å². The fraction of sp³-hybridized carbons (Fsp3) is 0.261. The van der Waals surface area contributed by atoms with Crippen molar-refractivity contribution in [1.29, 1.82) is 0 Å². The van der Waals surface area contributed by atoms with Crippen LogP contribution in [0.1, 0.15) is 143 Å². The minimum Gasteiger partial charge on any atom is -0.870 e. The third-order valence-corrected chi connectivity index (χ3v) is 23.6. The van der Waals surface area contributed by atoms with E-state index in [4.69, 9.17) is 44.4 Å². The molecule has 0 bridgehead atoms. The molecule has 0 aliphatic carbocycles. The number of thiol groups is 1. The summed E-state index contributed by atoms with van der Waals surface area (Å²) < 4.78 is 35.2. The molecule has 14 aromatic rings. The van der Waals surface area contributed by atoms with Gasteiger partial charge in [-0.1, -0.05) is 149 Å². The molecule has 7 heterocycles. The van der Waals surface area contributed by atoms with Gasteiger partial charge in [0.05, 0.1) is 46.8 Å². The second kappa shape index (κ2) is 47.4. The number of ether oxygens (including phenoxy) is 4. The number of esters is 2. The van der Waals surface area contributed by atoms with Crippen molar-refractivity contribution in [3.63, 3.8) is 0 Å². The fourth-order valence-electron chi connectivity index (χ4n) is 10.9. The summed E-state index contributed by atoms with van der Waals surface area (Å²) in [5, 5.41) is 45.1. The number of nitrogens with two attached hydrogens (primary N) is 1. The molecule has 8 aromatic carbocycles. The number of carbonyl (C=O) groups excluding carboxylic acids is 2. The number of amidine groups is 1. The Kier molecular flexibility index (Phi) is 40.3. The van der Waals surface area contributed by atoms with Gasteiger partial charge in [0.1, 0.15) is 4.88 Å². The number of rotatable bonds is 12. The SMILES string of the molecule is C.C.C1CCOC1.CCOC(C)CBr.COC(=O)c1ccc(-c2noc(-c3cc4c(C)ccc(C)c4s3)n2)cc1.COC(=O)c1ccc(/C(N)=N/O)cc1.Cc1ccc(C)c(S)c1.Cc1ccc(C)c2sc(-c3nc(-c4ccc(C(=O)O)cc4)no3)cc12.Cc1ccc(C)c2sc(C(=O)O)cc12.Cc1ccc(C)c2sccc12.[Li+].[OH-]. The Labute approximate surface area is 713 Å². The second-order valence-corrected chi connectivity index (χ2v) is 30.9. The number of methoxy groups -OCH3 is 2. The van der Waals surface area contributed by atoms with Crippen molar-refractivity contribution in [2.75, 3.05) is 39.4 Å². The maximum absolute atomic E-state index is 11.5. The zero-order valence-corrected chi connectivity index (χ0v) is 71.4. The second-order valence-electron chi connectivity index (χ2n) is 25.7. The van der Waals surface area contributed by atoms with Crippen LogP contribution in [0, 0.1) is 69.2 Å². The number of aromatic carboxylic acids is 2. The summed E-state index contributed by atoms with van der Waals surface area (Å²) in [4.78, 5) is 56.6. The van der Waals surface area contributed by atoms with Crippen LogP contribution in [0.4, 0.5) is 0 Å². The number of halogens is 1. The first-order chi connectivity index (χ1) is 53.2. The van der Waals surface area contributed by atoms with Crippen molar-refractivity contribution >= 4 is 144 Å². The molecule has 1 unspecified atom stereocenters. The van der Waals surface area contributed by atoms with Crippen LogP contribution >= 0.6 is 73.9 Å². The van der Waals surface area contributed by atoms with Crippen molar-refractivity contribution in [2.45, 2.75) is 122 Å². The van der Waals surface area contributed by atoms with Crippen LogP contribution in [0.5, 0.6) is 0 Å². The molecule has 1 aliphatic rings. The van der Waals surface area contributed by atoms with E-state index in [2.05, 4.69) is 192 Å². The number of aromatic nitrogens is 4. The molecule has 15 rings (SSSR count). The standard InChI is InChI=1S/C20H16N2O3S.C19H14N2O3S.C11H10O2S.C10H10S.C9H10N2O3.C8H10S.C5H11BrO.C4H8O.2CH4.Li.H2O/c1-11-4-5-12(2)17-15(11)10-16(26-17)19-21-18(22-25-19)13-6-8-14(9-7-13)20(23)24-3;1-10-3-4-11(2)16-14(10)9-15(25-16)18-20-17(21-24-18)12-5-7-13(8-6-12)19(22)23;1-6-3-4-7(2)10-8(6)5-9(14-10)11(12)13;1-7-3-4-8(2)10-9(7)5-6-11-10;1-14-9(12)7-4-2-6(3-5-7)8(10)11-13;1-6-3-4-7(2)8(9)5-6;1-3-7-5(2)4-6;1-2-4-5-3-1;;;;/h4-10H,1-3H3;3-9H,1-2H3,(H,22,23);3-5H,1-2H3,(H,12,13);3-6H,1-2H3;2-5,13H,1H3,(H2,10,11);3-5,9H,1-2H3;5H,3-4H2,1-2H3;1-4H2;2*1H4;;1H2/q;;;;;;;;;;+1;/p-1. The van der Waals surface area contributed by atoms with Crippen LogP contribution in [0.2, 0.25) is 0 Å². The van der Waals surface area contributed by atoms with Gasteiger partial charge >= 0.3 is 42.7 Å². The first-order valence-corrected chi connectivity index (χ1v) is 40.1. The van der Waals surface area contributed by atoms with Crippen LogP contribution in [-0.2, 0) is 18.9 Å². The molecule has 1 atom stereocenters. The number of fused-ring (bicyclic) bond motifs is 4. The van der Waals surface area contributed by atoms with Gasteiger partial charge in [-0.15, -0.1) is 58.0 Å².